The molecule has 50 heavy (non-hydrogen) atoms. The number of nitrogens with zero attached hydrogens (tertiary/aromatic N) is 2. The van der Waals surface area contributed by atoms with Crippen LogP contribution in [-0.2, 0) is 26.5 Å². The second-order valence-electron chi connectivity index (χ2n) is 14.9. The lowest BCUT2D eigenvalue weighted by atomic mass is 9.68. The summed E-state index contributed by atoms with van der Waals surface area (Å²) in [6, 6.07) is 9.71. The third kappa shape index (κ3) is 7.25. The van der Waals surface area contributed by atoms with Crippen LogP contribution in [0.1, 0.15) is 66.9 Å². The van der Waals surface area contributed by atoms with E-state index in [1.54, 1.807) is 25.3 Å². The number of alkyl halides is 2. The molecule has 7 rings (SSSR count). The van der Waals surface area contributed by atoms with Gasteiger partial charge < -0.3 is 19.7 Å². The summed E-state index contributed by atoms with van der Waals surface area (Å²) < 4.78 is 59.6. The molecule has 2 aromatic carbocycles. The number of methoxy groups -OCH3 is 1. The summed E-state index contributed by atoms with van der Waals surface area (Å²) in [5.74, 6) is -0.692. The Kier molecular flexibility index (Phi) is 9.90. The van der Waals surface area contributed by atoms with E-state index in [9.17, 15) is 22.6 Å². The van der Waals surface area contributed by atoms with Crippen molar-refractivity contribution >= 4 is 39.1 Å². The minimum absolute atomic E-state index is 0.102. The Balaban J connectivity index is 1.26. The minimum atomic E-state index is -3.64. The highest BCUT2D eigenvalue weighted by Gasteiger charge is 2.46. The first kappa shape index (κ1) is 35.2. The standard InChI is InChI=1S/C37H45ClF2N4O5S/c1-22-5-3-7-32(48-2)27-11-8-25(27)18-44-20-37(14-4-6-23-15-26(38)10-12-29(23)37)21-49-33-13-9-24(16-31(33)44)35(45)42-50(47,19-22)43-36(46)41-30-17-28(30)34(39)40/h3,7,9-10,12-13,15-16,22,25,27-28,30,32,34H,4-6,8,11,14,17-21H2,1-2H3,(H2,41,42,43,45,46,47)/b7-3-/t22-,25-,27+,28+,30+,32-,37-,50?/m0/s1. The zero-order valence-corrected chi connectivity index (χ0v) is 30.0. The van der Waals surface area contributed by atoms with Crippen molar-refractivity contribution in [2.75, 3.05) is 37.5 Å². The molecular weight excluding hydrogens is 686 g/mol. The van der Waals surface area contributed by atoms with Crippen LogP contribution in [0.5, 0.6) is 5.75 Å². The number of halogens is 3. The van der Waals surface area contributed by atoms with Crippen LogP contribution < -0.4 is 19.7 Å². The molecule has 3 aliphatic carbocycles. The molecule has 0 radical (unpaired) electrons. The Hall–Kier alpha value is -3.22. The first-order chi connectivity index (χ1) is 24.0. The molecule has 0 aromatic heterocycles. The summed E-state index contributed by atoms with van der Waals surface area (Å²) in [6.07, 6.45) is 7.07. The smallest absolute Gasteiger partial charge is 0.327 e. The molecule has 2 aromatic rings. The summed E-state index contributed by atoms with van der Waals surface area (Å²) in [4.78, 5) is 29.1. The Morgan fingerprint density at radius 3 is 2.80 bits per heavy atom. The molecule has 2 fully saturated rings. The molecule has 0 saturated heterocycles. The number of allylic oxidation sites excluding steroid dienone is 1. The molecule has 1 unspecified atom stereocenters. The number of fused-ring (bicyclic) bond motifs is 4. The van der Waals surface area contributed by atoms with E-state index in [0.717, 1.165) is 44.3 Å². The van der Waals surface area contributed by atoms with Gasteiger partial charge in [0.05, 0.1) is 24.2 Å². The lowest BCUT2D eigenvalue weighted by Gasteiger charge is -2.46. The number of amides is 3. The van der Waals surface area contributed by atoms with E-state index in [1.165, 1.54) is 11.1 Å². The molecular formula is C37H45ClF2N4O5S. The van der Waals surface area contributed by atoms with Gasteiger partial charge in [-0.05, 0) is 104 Å². The zero-order chi connectivity index (χ0) is 35.2. The van der Waals surface area contributed by atoms with E-state index in [1.807, 2.05) is 19.1 Å². The number of carbonyl (C=O) groups is 2. The fraction of sp³-hybridized carbons (Fsp3) is 0.568. The van der Waals surface area contributed by atoms with Gasteiger partial charge in [0.1, 0.15) is 15.7 Å². The van der Waals surface area contributed by atoms with Crippen LogP contribution in [0, 0.1) is 23.7 Å². The molecule has 9 nitrogen and oxygen atoms in total. The summed E-state index contributed by atoms with van der Waals surface area (Å²) in [6.45, 7) is 3.76. The van der Waals surface area contributed by atoms with Gasteiger partial charge in [-0.2, -0.15) is 0 Å². The molecule has 5 aliphatic rings. The number of nitrogens with one attached hydrogen (secondary N) is 2. The molecule has 2 saturated carbocycles. The Morgan fingerprint density at radius 2 is 2.06 bits per heavy atom. The highest BCUT2D eigenvalue weighted by atomic mass is 35.5. The van der Waals surface area contributed by atoms with Crippen molar-refractivity contribution < 1.29 is 32.1 Å². The number of anilines is 1. The van der Waals surface area contributed by atoms with Crippen molar-refractivity contribution in [2.45, 2.75) is 75.9 Å². The topological polar surface area (TPSA) is 109 Å². The van der Waals surface area contributed by atoms with Crippen LogP contribution >= 0.6 is 11.6 Å². The molecule has 8 atom stereocenters. The number of carbonyl (C=O) groups excluding carboxylic acids is 2. The summed E-state index contributed by atoms with van der Waals surface area (Å²) >= 11 is 6.43. The Morgan fingerprint density at radius 1 is 1.22 bits per heavy atom. The van der Waals surface area contributed by atoms with Gasteiger partial charge in [-0.1, -0.05) is 36.7 Å². The van der Waals surface area contributed by atoms with E-state index >= 15 is 0 Å². The van der Waals surface area contributed by atoms with Crippen LogP contribution in [0.2, 0.25) is 5.02 Å². The largest absolute Gasteiger partial charge is 0.490 e. The van der Waals surface area contributed by atoms with Crippen LogP contribution in [0.4, 0.5) is 19.3 Å². The quantitative estimate of drug-likeness (QED) is 0.331. The maximum atomic E-state index is 14.3. The summed E-state index contributed by atoms with van der Waals surface area (Å²) in [7, 11) is -1.92. The maximum absolute atomic E-state index is 14.3. The minimum Gasteiger partial charge on any atom is -0.490 e. The number of rotatable bonds is 4. The first-order valence-electron chi connectivity index (χ1n) is 17.6. The van der Waals surface area contributed by atoms with Crippen molar-refractivity contribution in [1.29, 1.82) is 0 Å². The molecule has 13 heteroatoms. The van der Waals surface area contributed by atoms with E-state index in [0.29, 0.717) is 42.2 Å². The van der Waals surface area contributed by atoms with Gasteiger partial charge in [0.15, 0.2) is 0 Å². The fourth-order valence-electron chi connectivity index (χ4n) is 8.37. The van der Waals surface area contributed by atoms with Gasteiger partial charge in [-0.15, -0.1) is 4.36 Å². The van der Waals surface area contributed by atoms with Crippen LogP contribution in [0.25, 0.3) is 0 Å². The van der Waals surface area contributed by atoms with Gasteiger partial charge in [0, 0.05) is 48.2 Å². The second-order valence-corrected chi connectivity index (χ2v) is 17.3. The normalized spacial score (nSPS) is 34.3. The van der Waals surface area contributed by atoms with Crippen LogP contribution in [0.3, 0.4) is 0 Å². The SMILES string of the molecule is CO[C@H]1/C=C\C[C@H](C)CS(=O)(NC(=O)N[C@@H]2C[C@H]2C(F)F)=NC(=O)c2ccc3c(c2)N(C[C@@H]2CC[C@H]21)C[C@@]1(CCCc2cc(Cl)ccc21)CO3. The van der Waals surface area contributed by atoms with E-state index in [2.05, 4.69) is 37.5 Å². The second kappa shape index (κ2) is 14.1. The molecule has 2 bridgehead atoms. The summed E-state index contributed by atoms with van der Waals surface area (Å²) in [5, 5.41) is 3.19. The fourth-order valence-corrected chi connectivity index (χ4v) is 10.4. The van der Waals surface area contributed by atoms with Gasteiger partial charge in [-0.3, -0.25) is 9.52 Å². The first-order valence-corrected chi connectivity index (χ1v) is 19.7. The third-order valence-corrected chi connectivity index (χ3v) is 13.5. The number of benzene rings is 2. The highest BCUT2D eigenvalue weighted by molar-refractivity contribution is 7.92. The van der Waals surface area contributed by atoms with E-state index in [-0.39, 0.29) is 35.2 Å². The van der Waals surface area contributed by atoms with Gasteiger partial charge >= 0.3 is 6.03 Å². The molecule has 3 amide bonds. The number of hydrogen-bond acceptors (Lipinski definition) is 6. The van der Waals surface area contributed by atoms with E-state index < -0.39 is 40.2 Å². The predicted octanol–water partition coefficient (Wildman–Crippen LogP) is 6.93. The Bertz CT molecular complexity index is 1800. The predicted molar refractivity (Wildman–Crippen MR) is 189 cm³/mol. The number of urea groups is 1. The maximum Gasteiger partial charge on any atom is 0.327 e. The lowest BCUT2D eigenvalue weighted by molar-refractivity contribution is 0.0131. The Labute approximate surface area is 297 Å². The molecule has 2 N–H and O–H groups in total. The average molecular weight is 731 g/mol. The van der Waals surface area contributed by atoms with Gasteiger partial charge in [-0.25, -0.2) is 17.8 Å². The van der Waals surface area contributed by atoms with Crippen molar-refractivity contribution in [3.63, 3.8) is 0 Å². The van der Waals surface area contributed by atoms with Gasteiger partial charge in [0.2, 0.25) is 6.43 Å². The van der Waals surface area contributed by atoms with Crippen LogP contribution in [0.15, 0.2) is 52.9 Å². The third-order valence-electron chi connectivity index (χ3n) is 11.2. The van der Waals surface area contributed by atoms with E-state index in [4.69, 9.17) is 21.1 Å². The number of hydrogen-bond donors (Lipinski definition) is 2. The van der Waals surface area contributed by atoms with Gasteiger partial charge in [0.25, 0.3) is 5.91 Å². The number of aryl methyl sites for hydroxylation is 1. The van der Waals surface area contributed by atoms with Crippen molar-refractivity contribution in [1.82, 2.24) is 10.0 Å². The van der Waals surface area contributed by atoms with Crippen LogP contribution in [-0.4, -0.2) is 67.3 Å². The van der Waals surface area contributed by atoms with Crippen molar-refractivity contribution in [2.24, 2.45) is 28.0 Å². The number of ether oxygens (including phenoxy) is 2. The zero-order valence-electron chi connectivity index (χ0n) is 28.4. The molecule has 1 spiro atoms. The lowest BCUT2D eigenvalue weighted by Crippen LogP contribution is -2.49. The summed E-state index contributed by atoms with van der Waals surface area (Å²) in [5.41, 5.74) is 3.17. The van der Waals surface area contributed by atoms with Crippen molar-refractivity contribution in [3.8, 4) is 5.75 Å². The highest BCUT2D eigenvalue weighted by Crippen LogP contribution is 2.47. The monoisotopic (exact) mass is 730 g/mol. The van der Waals surface area contributed by atoms with Crippen molar-refractivity contribution in [3.05, 3.63) is 70.3 Å². The molecule has 2 aliphatic heterocycles. The molecule has 270 valence electrons. The average Bonchev–Trinajstić information content (AvgIpc) is 3.84. The molecule has 2 heterocycles.